The number of hydrogen-bond acceptors (Lipinski definition) is 4. The number of nitrogens with zero attached hydrogens (tertiary/aromatic N) is 3. The molecule has 0 amide bonds. The molecule has 3 aromatic rings. The van der Waals surface area contributed by atoms with Crippen LogP contribution < -0.4 is 0 Å². The molecular formula is C13H11N3O2. The highest BCUT2D eigenvalue weighted by atomic mass is 16.4. The first-order valence-electron chi connectivity index (χ1n) is 5.57. The van der Waals surface area contributed by atoms with E-state index < -0.39 is 0 Å². The van der Waals surface area contributed by atoms with Crippen molar-refractivity contribution in [2.24, 2.45) is 0 Å². The van der Waals surface area contributed by atoms with Crippen LogP contribution in [0, 0.1) is 13.8 Å². The van der Waals surface area contributed by atoms with Crippen LogP contribution in [0.4, 0.5) is 0 Å². The molecule has 90 valence electrons. The SMILES string of the molecule is Cc1nc(-c2cccc3ncc(C=O)n23)oc1C. The van der Waals surface area contributed by atoms with E-state index in [1.807, 2.05) is 32.0 Å². The summed E-state index contributed by atoms with van der Waals surface area (Å²) in [7, 11) is 0. The van der Waals surface area contributed by atoms with Gasteiger partial charge in [0, 0.05) is 0 Å². The average Bonchev–Trinajstić information content (AvgIpc) is 2.93. The normalized spacial score (nSPS) is 11.0. The first kappa shape index (κ1) is 10.7. The molecule has 18 heavy (non-hydrogen) atoms. The number of imidazole rings is 1. The van der Waals surface area contributed by atoms with Crippen molar-refractivity contribution in [1.82, 2.24) is 14.4 Å². The average molecular weight is 241 g/mol. The molecule has 0 aromatic carbocycles. The number of rotatable bonds is 2. The van der Waals surface area contributed by atoms with Gasteiger partial charge in [0.2, 0.25) is 5.89 Å². The number of aryl methyl sites for hydroxylation is 2. The highest BCUT2D eigenvalue weighted by molar-refractivity contribution is 5.76. The Kier molecular flexibility index (Phi) is 2.26. The summed E-state index contributed by atoms with van der Waals surface area (Å²) >= 11 is 0. The third kappa shape index (κ3) is 1.44. The molecule has 5 nitrogen and oxygen atoms in total. The molecule has 0 aliphatic rings. The van der Waals surface area contributed by atoms with Gasteiger partial charge < -0.3 is 4.42 Å². The highest BCUT2D eigenvalue weighted by Crippen LogP contribution is 2.23. The van der Waals surface area contributed by atoms with Crippen molar-refractivity contribution in [3.63, 3.8) is 0 Å². The first-order valence-corrected chi connectivity index (χ1v) is 5.57. The summed E-state index contributed by atoms with van der Waals surface area (Å²) < 4.78 is 7.34. The molecule has 0 radical (unpaired) electrons. The van der Waals surface area contributed by atoms with E-state index in [-0.39, 0.29) is 0 Å². The number of carbonyl (C=O) groups excluding carboxylic acids is 1. The minimum absolute atomic E-state index is 0.481. The van der Waals surface area contributed by atoms with E-state index in [2.05, 4.69) is 9.97 Å². The maximum atomic E-state index is 11.0. The van der Waals surface area contributed by atoms with Gasteiger partial charge in [0.05, 0.1) is 11.9 Å². The Hall–Kier alpha value is -2.43. The second-order valence-electron chi connectivity index (χ2n) is 4.07. The maximum absolute atomic E-state index is 11.0. The van der Waals surface area contributed by atoms with Gasteiger partial charge in [0.1, 0.15) is 22.8 Å². The van der Waals surface area contributed by atoms with Gasteiger partial charge in [-0.2, -0.15) is 0 Å². The van der Waals surface area contributed by atoms with Gasteiger partial charge in [-0.3, -0.25) is 9.20 Å². The second kappa shape index (κ2) is 3.80. The summed E-state index contributed by atoms with van der Waals surface area (Å²) in [5.74, 6) is 1.27. The number of aromatic nitrogens is 3. The first-order chi connectivity index (χ1) is 8.70. The van der Waals surface area contributed by atoms with Crippen molar-refractivity contribution in [2.45, 2.75) is 13.8 Å². The van der Waals surface area contributed by atoms with Crippen molar-refractivity contribution < 1.29 is 9.21 Å². The number of pyridine rings is 1. The molecule has 3 rings (SSSR count). The minimum Gasteiger partial charge on any atom is -0.440 e. The van der Waals surface area contributed by atoms with Crippen LogP contribution in [-0.4, -0.2) is 20.7 Å². The molecule has 0 aliphatic carbocycles. The molecular weight excluding hydrogens is 230 g/mol. The lowest BCUT2D eigenvalue weighted by Crippen LogP contribution is -1.96. The van der Waals surface area contributed by atoms with Gasteiger partial charge in [-0.25, -0.2) is 9.97 Å². The van der Waals surface area contributed by atoms with Crippen molar-refractivity contribution in [1.29, 1.82) is 0 Å². The number of aldehydes is 1. The van der Waals surface area contributed by atoms with Gasteiger partial charge in [0.25, 0.3) is 0 Å². The number of carbonyl (C=O) groups is 1. The van der Waals surface area contributed by atoms with Gasteiger partial charge in [-0.15, -0.1) is 0 Å². The zero-order valence-corrected chi connectivity index (χ0v) is 10.0. The fourth-order valence-electron chi connectivity index (χ4n) is 1.89. The lowest BCUT2D eigenvalue weighted by atomic mass is 10.3. The van der Waals surface area contributed by atoms with Crippen LogP contribution in [0.15, 0.2) is 28.8 Å². The van der Waals surface area contributed by atoms with Gasteiger partial charge >= 0.3 is 0 Å². The number of fused-ring (bicyclic) bond motifs is 1. The van der Waals surface area contributed by atoms with Crippen LogP contribution >= 0.6 is 0 Å². The van der Waals surface area contributed by atoms with Crippen molar-refractivity contribution >= 4 is 11.9 Å². The summed E-state index contributed by atoms with van der Waals surface area (Å²) in [6.45, 7) is 3.75. The summed E-state index contributed by atoms with van der Waals surface area (Å²) in [5.41, 5.74) is 2.75. The molecule has 0 saturated heterocycles. The van der Waals surface area contributed by atoms with Crippen LogP contribution in [0.25, 0.3) is 17.2 Å². The predicted molar refractivity (Wildman–Crippen MR) is 65.6 cm³/mol. The molecule has 0 aliphatic heterocycles. The molecule has 3 heterocycles. The molecule has 3 aromatic heterocycles. The number of hydrogen-bond donors (Lipinski definition) is 0. The van der Waals surface area contributed by atoms with E-state index in [1.165, 1.54) is 6.20 Å². The third-order valence-electron chi connectivity index (χ3n) is 2.93. The molecule has 0 fully saturated rings. The second-order valence-corrected chi connectivity index (χ2v) is 4.07. The Bertz CT molecular complexity index is 720. The molecule has 0 atom stereocenters. The van der Waals surface area contributed by atoms with Gasteiger partial charge in [-0.1, -0.05) is 6.07 Å². The zero-order chi connectivity index (χ0) is 12.7. The summed E-state index contributed by atoms with van der Waals surface area (Å²) in [4.78, 5) is 19.5. The van der Waals surface area contributed by atoms with E-state index >= 15 is 0 Å². The standard InChI is InChI=1S/C13H11N3O2/c1-8-9(2)18-13(15-8)11-4-3-5-12-14-6-10(7-17)16(11)12/h3-7H,1-2H3. The lowest BCUT2D eigenvalue weighted by Gasteiger charge is -2.02. The van der Waals surface area contributed by atoms with E-state index in [1.54, 1.807) is 4.40 Å². The predicted octanol–water partition coefficient (Wildman–Crippen LogP) is 2.42. The smallest absolute Gasteiger partial charge is 0.243 e. The largest absolute Gasteiger partial charge is 0.440 e. The van der Waals surface area contributed by atoms with Crippen molar-refractivity contribution in [3.05, 3.63) is 41.5 Å². The van der Waals surface area contributed by atoms with Crippen molar-refractivity contribution in [3.8, 4) is 11.6 Å². The summed E-state index contributed by atoms with van der Waals surface area (Å²) in [5, 5.41) is 0. The Morgan fingerprint density at radius 2 is 2.17 bits per heavy atom. The Morgan fingerprint density at radius 3 is 2.83 bits per heavy atom. The van der Waals surface area contributed by atoms with Gasteiger partial charge in [0.15, 0.2) is 6.29 Å². The number of oxazole rings is 1. The third-order valence-corrected chi connectivity index (χ3v) is 2.93. The Balaban J connectivity index is 2.34. The molecule has 5 heteroatoms. The lowest BCUT2D eigenvalue weighted by molar-refractivity contribution is 0.111. The summed E-state index contributed by atoms with van der Waals surface area (Å²) in [6.07, 6.45) is 2.31. The van der Waals surface area contributed by atoms with E-state index in [0.717, 1.165) is 23.4 Å². The van der Waals surface area contributed by atoms with E-state index in [0.29, 0.717) is 17.2 Å². The van der Waals surface area contributed by atoms with Crippen LogP contribution in [0.5, 0.6) is 0 Å². The Labute approximate surface area is 103 Å². The minimum atomic E-state index is 0.481. The van der Waals surface area contributed by atoms with Crippen LogP contribution in [-0.2, 0) is 0 Å². The summed E-state index contributed by atoms with van der Waals surface area (Å²) in [6, 6.07) is 5.55. The molecule has 0 N–H and O–H groups in total. The Morgan fingerprint density at radius 1 is 1.33 bits per heavy atom. The fourth-order valence-corrected chi connectivity index (χ4v) is 1.89. The molecule has 0 spiro atoms. The maximum Gasteiger partial charge on any atom is 0.243 e. The molecule has 0 bridgehead atoms. The van der Waals surface area contributed by atoms with Gasteiger partial charge in [-0.05, 0) is 26.0 Å². The van der Waals surface area contributed by atoms with E-state index in [9.17, 15) is 4.79 Å². The zero-order valence-electron chi connectivity index (χ0n) is 10.0. The monoisotopic (exact) mass is 241 g/mol. The van der Waals surface area contributed by atoms with Crippen LogP contribution in [0.1, 0.15) is 21.9 Å². The molecule has 0 saturated carbocycles. The molecule has 0 unspecified atom stereocenters. The van der Waals surface area contributed by atoms with Crippen LogP contribution in [0.3, 0.4) is 0 Å². The highest BCUT2D eigenvalue weighted by Gasteiger charge is 2.14. The van der Waals surface area contributed by atoms with Crippen molar-refractivity contribution in [2.75, 3.05) is 0 Å². The topological polar surface area (TPSA) is 60.4 Å². The van der Waals surface area contributed by atoms with Crippen LogP contribution in [0.2, 0.25) is 0 Å². The fraction of sp³-hybridized carbons (Fsp3) is 0.154. The quantitative estimate of drug-likeness (QED) is 0.646. The van der Waals surface area contributed by atoms with E-state index in [4.69, 9.17) is 4.42 Å².